The monoisotopic (exact) mass is 646 g/mol. The third-order valence-electron chi connectivity index (χ3n) is 8.52. The number of hydrogen-bond acceptors (Lipinski definition) is 9. The first-order valence-electron chi connectivity index (χ1n) is 15.2. The summed E-state index contributed by atoms with van der Waals surface area (Å²) in [5.41, 5.74) is 15.2. The number of primary amides is 1. The molecule has 3 aromatic heterocycles. The van der Waals surface area contributed by atoms with E-state index in [9.17, 15) is 18.3 Å². The highest BCUT2D eigenvalue weighted by Crippen LogP contribution is 2.37. The number of aliphatic hydroxyl groups is 1. The number of amides is 1. The molecule has 1 aliphatic heterocycles. The number of aromatic nitrogens is 2. The lowest BCUT2D eigenvalue weighted by atomic mass is 10.0. The van der Waals surface area contributed by atoms with Crippen LogP contribution in [0, 0.1) is 6.92 Å². The predicted molar refractivity (Wildman–Crippen MR) is 180 cm³/mol. The van der Waals surface area contributed by atoms with Crippen LogP contribution in [0.2, 0.25) is 0 Å². The summed E-state index contributed by atoms with van der Waals surface area (Å²) in [6.45, 7) is 5.73. The number of benzene rings is 2. The number of fused-ring (bicyclic) bond motifs is 2. The highest BCUT2D eigenvalue weighted by Gasteiger charge is 2.28. The number of aryl methyl sites for hydroxylation is 2. The number of aliphatic hydroxyl groups excluding tert-OH is 1. The van der Waals surface area contributed by atoms with Crippen LogP contribution < -0.4 is 21.7 Å². The number of para-hydroxylation sites is 1. The van der Waals surface area contributed by atoms with Gasteiger partial charge in [0, 0.05) is 36.4 Å². The van der Waals surface area contributed by atoms with Gasteiger partial charge in [-0.3, -0.25) is 4.79 Å². The molecule has 4 heterocycles. The molecule has 0 saturated carbocycles. The first kappa shape index (κ1) is 31.0. The predicted octanol–water partition coefficient (Wildman–Crippen LogP) is 4.72. The zero-order valence-corrected chi connectivity index (χ0v) is 27.0. The van der Waals surface area contributed by atoms with E-state index in [4.69, 9.17) is 16.5 Å². The smallest absolute Gasteiger partial charge is 0.268 e. The van der Waals surface area contributed by atoms with Crippen LogP contribution in [0.25, 0.3) is 21.1 Å². The summed E-state index contributed by atoms with van der Waals surface area (Å²) in [6, 6.07) is 18.0. The molecule has 0 radical (unpaired) electrons. The maximum absolute atomic E-state index is 13.8. The quantitative estimate of drug-likeness (QED) is 0.170. The minimum atomic E-state index is -3.94. The molecule has 6 rings (SSSR count). The Morgan fingerprint density at radius 2 is 1.84 bits per heavy atom. The second-order valence-electron chi connectivity index (χ2n) is 11.7. The number of carbonyl (C=O) groups excluding carboxylic acids is 1. The summed E-state index contributed by atoms with van der Waals surface area (Å²) in [6.07, 6.45) is 2.34. The van der Waals surface area contributed by atoms with Crippen molar-refractivity contribution in [2.45, 2.75) is 56.6 Å². The van der Waals surface area contributed by atoms with Crippen molar-refractivity contribution in [1.29, 1.82) is 0 Å². The fourth-order valence-corrected chi connectivity index (χ4v) is 8.72. The molecule has 0 spiro atoms. The molecular formula is C33H38N6O4S2. The topological polar surface area (TPSA) is 157 Å². The van der Waals surface area contributed by atoms with Crippen LogP contribution in [-0.4, -0.2) is 54.1 Å². The highest BCUT2D eigenvalue weighted by molar-refractivity contribution is 7.90. The molecule has 1 fully saturated rings. The largest absolute Gasteiger partial charge is 0.397 e. The lowest BCUT2D eigenvalue weighted by Crippen LogP contribution is -2.44. The van der Waals surface area contributed by atoms with Crippen LogP contribution >= 0.6 is 11.3 Å². The Hall–Kier alpha value is -3.97. The summed E-state index contributed by atoms with van der Waals surface area (Å²) in [7, 11) is -3.94. The maximum Gasteiger partial charge on any atom is 0.268 e. The van der Waals surface area contributed by atoms with E-state index < -0.39 is 22.0 Å². The van der Waals surface area contributed by atoms with Gasteiger partial charge in [-0.2, -0.15) is 0 Å². The Labute approximate surface area is 266 Å². The van der Waals surface area contributed by atoms with Crippen molar-refractivity contribution in [2.75, 3.05) is 30.3 Å². The third-order valence-corrected chi connectivity index (χ3v) is 11.4. The van der Waals surface area contributed by atoms with Gasteiger partial charge in [0.25, 0.3) is 15.9 Å². The lowest BCUT2D eigenvalue weighted by Gasteiger charge is -2.34. The summed E-state index contributed by atoms with van der Waals surface area (Å²) in [5, 5.41) is 16.4. The van der Waals surface area contributed by atoms with Gasteiger partial charge >= 0.3 is 0 Å². The molecule has 1 amide bonds. The fourth-order valence-electron chi connectivity index (χ4n) is 6.16. The first-order chi connectivity index (χ1) is 21.6. The molecule has 5 aromatic rings. The van der Waals surface area contributed by atoms with Gasteiger partial charge in [0.1, 0.15) is 21.6 Å². The van der Waals surface area contributed by atoms with Gasteiger partial charge < -0.3 is 26.8 Å². The van der Waals surface area contributed by atoms with Crippen molar-refractivity contribution >= 4 is 59.9 Å². The van der Waals surface area contributed by atoms with Crippen LogP contribution in [0.5, 0.6) is 0 Å². The summed E-state index contributed by atoms with van der Waals surface area (Å²) in [5.74, 6) is 0.314. The van der Waals surface area contributed by atoms with Crippen molar-refractivity contribution in [3.8, 4) is 0 Å². The second-order valence-corrected chi connectivity index (χ2v) is 14.5. The molecule has 0 aliphatic carbocycles. The normalized spacial score (nSPS) is 15.2. The van der Waals surface area contributed by atoms with Crippen LogP contribution in [0.3, 0.4) is 0 Å². The maximum atomic E-state index is 13.8. The number of piperidine rings is 1. The third kappa shape index (κ3) is 5.90. The van der Waals surface area contributed by atoms with Gasteiger partial charge in [0.2, 0.25) is 0 Å². The van der Waals surface area contributed by atoms with E-state index >= 15 is 0 Å². The van der Waals surface area contributed by atoms with E-state index in [1.807, 2.05) is 19.1 Å². The van der Waals surface area contributed by atoms with Gasteiger partial charge in [-0.15, -0.1) is 11.3 Å². The number of rotatable bonds is 10. The number of nitrogens with zero attached hydrogens (tertiary/aromatic N) is 3. The highest BCUT2D eigenvalue weighted by atomic mass is 32.2. The SMILES string of the molecule is CCCc1cc(N2CCC(NCC(O)c3cc4ccccc4n3S(=O)(=O)c3ccc(C)cc3)CC2)nc2sc(C(N)=O)c(N)c12. The molecule has 45 heavy (non-hydrogen) atoms. The molecule has 10 nitrogen and oxygen atoms in total. The fraction of sp³-hybridized carbons (Fsp3) is 0.333. The number of thiophene rings is 1. The van der Waals surface area contributed by atoms with Gasteiger partial charge in [-0.05, 0) is 62.1 Å². The zero-order chi connectivity index (χ0) is 31.9. The number of anilines is 2. The van der Waals surface area contributed by atoms with Crippen molar-refractivity contribution in [1.82, 2.24) is 14.3 Å². The Kier molecular flexibility index (Phi) is 8.57. The molecule has 1 aliphatic rings. The molecule has 0 bridgehead atoms. The molecule has 2 aromatic carbocycles. The molecule has 1 unspecified atom stereocenters. The standard InChI is InChI=1S/C33H38N6O4S2/c1-3-6-22-18-28(37-33-29(22)30(34)31(44-33)32(35)41)38-15-13-23(14-16-38)36-19-27(40)26-17-21-7-4-5-8-25(21)39(26)45(42,43)24-11-9-20(2)10-12-24/h4-5,7-12,17-18,23,27,36,40H,3,6,13-16,19,34H2,1-2H3,(H2,35,41). The number of carbonyl (C=O) groups is 1. The van der Waals surface area contributed by atoms with E-state index in [-0.39, 0.29) is 17.5 Å². The van der Waals surface area contributed by atoms with Crippen molar-refractivity contribution in [2.24, 2.45) is 5.73 Å². The number of nitrogens with two attached hydrogens (primary N) is 2. The minimum Gasteiger partial charge on any atom is -0.397 e. The number of nitrogens with one attached hydrogen (secondary N) is 1. The molecule has 236 valence electrons. The molecule has 1 saturated heterocycles. The summed E-state index contributed by atoms with van der Waals surface area (Å²) < 4.78 is 28.9. The lowest BCUT2D eigenvalue weighted by molar-refractivity contribution is 0.100. The van der Waals surface area contributed by atoms with Crippen molar-refractivity contribution in [3.05, 3.63) is 82.4 Å². The van der Waals surface area contributed by atoms with E-state index in [1.54, 1.807) is 42.5 Å². The minimum absolute atomic E-state index is 0.139. The van der Waals surface area contributed by atoms with E-state index in [1.165, 1.54) is 15.3 Å². The Bertz CT molecular complexity index is 1980. The average molecular weight is 647 g/mol. The number of nitrogen functional groups attached to an aromatic ring is 1. The van der Waals surface area contributed by atoms with E-state index in [0.29, 0.717) is 21.8 Å². The van der Waals surface area contributed by atoms with E-state index in [0.717, 1.165) is 71.3 Å². The van der Waals surface area contributed by atoms with E-state index in [2.05, 4.69) is 23.2 Å². The van der Waals surface area contributed by atoms with Gasteiger partial charge in [0.05, 0.1) is 21.8 Å². The Morgan fingerprint density at radius 3 is 2.53 bits per heavy atom. The van der Waals surface area contributed by atoms with Crippen molar-refractivity contribution in [3.63, 3.8) is 0 Å². The Morgan fingerprint density at radius 1 is 1.13 bits per heavy atom. The molecular weight excluding hydrogens is 609 g/mol. The van der Waals surface area contributed by atoms with Crippen LogP contribution in [0.15, 0.2) is 65.6 Å². The molecule has 6 N–H and O–H groups in total. The summed E-state index contributed by atoms with van der Waals surface area (Å²) >= 11 is 1.24. The Balaban J connectivity index is 1.17. The average Bonchev–Trinajstić information content (AvgIpc) is 3.59. The number of hydrogen-bond donors (Lipinski definition) is 4. The van der Waals surface area contributed by atoms with Gasteiger partial charge in [-0.1, -0.05) is 49.2 Å². The molecule has 12 heteroatoms. The van der Waals surface area contributed by atoms with Crippen LogP contribution in [0.4, 0.5) is 11.5 Å². The van der Waals surface area contributed by atoms with Gasteiger partial charge in [-0.25, -0.2) is 17.4 Å². The second kappa shape index (κ2) is 12.4. The van der Waals surface area contributed by atoms with Gasteiger partial charge in [0.15, 0.2) is 0 Å². The van der Waals surface area contributed by atoms with Crippen LogP contribution in [0.1, 0.15) is 58.8 Å². The summed E-state index contributed by atoms with van der Waals surface area (Å²) in [4.78, 5) is 20.3. The first-order valence-corrected chi connectivity index (χ1v) is 17.4. The van der Waals surface area contributed by atoms with Crippen molar-refractivity contribution < 1.29 is 18.3 Å². The molecule has 1 atom stereocenters. The van der Waals surface area contributed by atoms with Crippen LogP contribution in [-0.2, 0) is 16.4 Å². The number of pyridine rings is 1. The zero-order valence-electron chi connectivity index (χ0n) is 25.4.